The summed E-state index contributed by atoms with van der Waals surface area (Å²) in [7, 11) is 3.18. The third-order valence-corrected chi connectivity index (χ3v) is 4.40. The number of methoxy groups -OCH3 is 1. The molecule has 7 heteroatoms. The van der Waals surface area contributed by atoms with Gasteiger partial charge in [0.05, 0.1) is 23.3 Å². The zero-order valence-corrected chi connectivity index (χ0v) is 16.1. The number of rotatable bonds is 5. The lowest BCUT2D eigenvalue weighted by atomic mass is 10.1. The maximum Gasteiger partial charge on any atom is 0.259 e. The molecule has 0 aliphatic carbocycles. The minimum Gasteiger partial charge on any atom is -0.495 e. The number of carbonyl (C=O) groups is 2. The molecular weight excluding hydrogens is 378 g/mol. The Morgan fingerprint density at radius 1 is 1.04 bits per heavy atom. The molecule has 1 heterocycles. The van der Waals surface area contributed by atoms with Gasteiger partial charge in [-0.2, -0.15) is 0 Å². The van der Waals surface area contributed by atoms with Crippen molar-refractivity contribution in [1.82, 2.24) is 4.98 Å². The number of carbonyl (C=O) groups excluding carboxylic acids is 2. The third-order valence-electron chi connectivity index (χ3n) is 4.11. The van der Waals surface area contributed by atoms with Gasteiger partial charge in [0.1, 0.15) is 5.75 Å². The minimum absolute atomic E-state index is 0.263. The van der Waals surface area contributed by atoms with Crippen molar-refractivity contribution >= 4 is 34.8 Å². The quantitative estimate of drug-likeness (QED) is 0.700. The highest BCUT2D eigenvalue weighted by Gasteiger charge is 2.16. The molecule has 0 saturated heterocycles. The van der Waals surface area contributed by atoms with Gasteiger partial charge in [0, 0.05) is 30.8 Å². The lowest BCUT2D eigenvalue weighted by Crippen LogP contribution is -2.26. The van der Waals surface area contributed by atoms with E-state index in [0.29, 0.717) is 22.0 Å². The number of benzene rings is 2. The van der Waals surface area contributed by atoms with Gasteiger partial charge in [-0.3, -0.25) is 14.6 Å². The van der Waals surface area contributed by atoms with Crippen LogP contribution >= 0.6 is 11.6 Å². The molecule has 0 saturated carbocycles. The van der Waals surface area contributed by atoms with Crippen LogP contribution in [0.5, 0.6) is 5.75 Å². The molecule has 6 nitrogen and oxygen atoms in total. The van der Waals surface area contributed by atoms with Gasteiger partial charge in [0.2, 0.25) is 0 Å². The lowest BCUT2D eigenvalue weighted by Gasteiger charge is -2.17. The van der Waals surface area contributed by atoms with E-state index in [9.17, 15) is 9.59 Å². The van der Waals surface area contributed by atoms with E-state index in [4.69, 9.17) is 16.3 Å². The number of amides is 2. The van der Waals surface area contributed by atoms with E-state index in [1.807, 2.05) is 30.3 Å². The molecule has 3 rings (SSSR count). The highest BCUT2D eigenvalue weighted by molar-refractivity contribution is 6.32. The van der Waals surface area contributed by atoms with Gasteiger partial charge in [-0.05, 0) is 36.4 Å². The average molecular weight is 396 g/mol. The van der Waals surface area contributed by atoms with Crippen LogP contribution in [-0.4, -0.2) is 31.0 Å². The number of nitrogens with one attached hydrogen (secondary N) is 1. The van der Waals surface area contributed by atoms with Crippen LogP contribution in [0.1, 0.15) is 20.7 Å². The summed E-state index contributed by atoms with van der Waals surface area (Å²) in [6.45, 7) is 0. The average Bonchev–Trinajstić information content (AvgIpc) is 2.73. The van der Waals surface area contributed by atoms with E-state index in [1.54, 1.807) is 25.2 Å². The highest BCUT2D eigenvalue weighted by atomic mass is 35.5. The second-order valence-corrected chi connectivity index (χ2v) is 6.37. The number of nitrogens with zero attached hydrogens (tertiary/aromatic N) is 2. The lowest BCUT2D eigenvalue weighted by molar-refractivity contribution is 0.0992. The summed E-state index contributed by atoms with van der Waals surface area (Å²) in [5.41, 5.74) is 1.83. The van der Waals surface area contributed by atoms with Crippen molar-refractivity contribution in [3.8, 4) is 5.75 Å². The van der Waals surface area contributed by atoms with E-state index in [0.717, 1.165) is 5.69 Å². The first kappa shape index (κ1) is 19.4. The first-order valence-corrected chi connectivity index (χ1v) is 8.80. The van der Waals surface area contributed by atoms with Crippen LogP contribution in [-0.2, 0) is 0 Å². The Labute approximate surface area is 167 Å². The molecule has 0 aliphatic rings. The Hall–Kier alpha value is -3.38. The molecule has 1 aromatic heterocycles. The monoisotopic (exact) mass is 395 g/mol. The largest absolute Gasteiger partial charge is 0.495 e. The second-order valence-electron chi connectivity index (χ2n) is 5.97. The summed E-state index contributed by atoms with van der Waals surface area (Å²) in [6.07, 6.45) is 2.84. The van der Waals surface area contributed by atoms with E-state index >= 15 is 0 Å². The second kappa shape index (κ2) is 8.54. The molecule has 2 amide bonds. The number of ether oxygens (including phenoxy) is 1. The van der Waals surface area contributed by atoms with Crippen LogP contribution in [0, 0.1) is 0 Å². The Morgan fingerprint density at radius 3 is 2.43 bits per heavy atom. The first-order chi connectivity index (χ1) is 13.5. The minimum atomic E-state index is -0.397. The molecule has 3 aromatic rings. The van der Waals surface area contributed by atoms with E-state index in [2.05, 4.69) is 10.3 Å². The Kier molecular flexibility index (Phi) is 5.91. The normalized spacial score (nSPS) is 10.2. The molecule has 0 radical (unpaired) electrons. The standard InChI is InChI=1S/C21H18ClN3O3/c1-25(17-6-4-3-5-7-17)21(27)15-10-14(12-23-13-15)20(26)24-16-8-9-19(28-2)18(22)11-16/h3-13H,1-2H3,(H,24,26). The van der Waals surface area contributed by atoms with Crippen molar-refractivity contribution in [2.75, 3.05) is 24.4 Å². The van der Waals surface area contributed by atoms with Crippen molar-refractivity contribution in [2.24, 2.45) is 0 Å². The predicted molar refractivity (Wildman–Crippen MR) is 109 cm³/mol. The zero-order chi connectivity index (χ0) is 20.1. The molecule has 142 valence electrons. The number of aromatic nitrogens is 1. The molecule has 0 unspecified atom stereocenters. The van der Waals surface area contributed by atoms with Crippen LogP contribution in [0.25, 0.3) is 0 Å². The highest BCUT2D eigenvalue weighted by Crippen LogP contribution is 2.27. The van der Waals surface area contributed by atoms with E-state index in [1.165, 1.54) is 30.5 Å². The van der Waals surface area contributed by atoms with Crippen LogP contribution in [0.15, 0.2) is 67.0 Å². The summed E-state index contributed by atoms with van der Waals surface area (Å²) in [5, 5.41) is 3.11. The van der Waals surface area contributed by atoms with Gasteiger partial charge in [0.25, 0.3) is 11.8 Å². The fraction of sp³-hybridized carbons (Fsp3) is 0.0952. The van der Waals surface area contributed by atoms with Gasteiger partial charge in [-0.25, -0.2) is 0 Å². The Morgan fingerprint density at radius 2 is 1.75 bits per heavy atom. The maximum atomic E-state index is 12.7. The first-order valence-electron chi connectivity index (χ1n) is 8.42. The number of hydrogen-bond donors (Lipinski definition) is 1. The van der Waals surface area contributed by atoms with E-state index < -0.39 is 5.91 Å². The van der Waals surface area contributed by atoms with Gasteiger partial charge < -0.3 is 15.0 Å². The molecule has 28 heavy (non-hydrogen) atoms. The topological polar surface area (TPSA) is 71.5 Å². The molecular formula is C21H18ClN3O3. The fourth-order valence-electron chi connectivity index (χ4n) is 2.59. The molecule has 0 atom stereocenters. The van der Waals surface area contributed by atoms with Gasteiger partial charge >= 0.3 is 0 Å². The van der Waals surface area contributed by atoms with Crippen molar-refractivity contribution in [3.05, 3.63) is 83.1 Å². The fourth-order valence-corrected chi connectivity index (χ4v) is 2.85. The maximum absolute atomic E-state index is 12.7. The van der Waals surface area contributed by atoms with Gasteiger partial charge in [-0.1, -0.05) is 29.8 Å². The van der Waals surface area contributed by atoms with Crippen molar-refractivity contribution < 1.29 is 14.3 Å². The predicted octanol–water partition coefficient (Wildman–Crippen LogP) is 4.27. The smallest absolute Gasteiger partial charge is 0.259 e. The third kappa shape index (κ3) is 4.29. The number of para-hydroxylation sites is 1. The molecule has 1 N–H and O–H groups in total. The van der Waals surface area contributed by atoms with Gasteiger partial charge in [-0.15, -0.1) is 0 Å². The number of hydrogen-bond acceptors (Lipinski definition) is 4. The molecule has 0 fully saturated rings. The summed E-state index contributed by atoms with van der Waals surface area (Å²) < 4.78 is 5.09. The molecule has 0 bridgehead atoms. The van der Waals surface area contributed by atoms with Gasteiger partial charge in [0.15, 0.2) is 0 Å². The Bertz CT molecular complexity index is 1010. The SMILES string of the molecule is COc1ccc(NC(=O)c2cncc(C(=O)N(C)c3ccccc3)c2)cc1Cl. The summed E-state index contributed by atoms with van der Waals surface area (Å²) in [4.78, 5) is 30.8. The molecule has 0 spiro atoms. The van der Waals surface area contributed by atoms with Crippen molar-refractivity contribution in [1.29, 1.82) is 0 Å². The van der Waals surface area contributed by atoms with Crippen molar-refractivity contribution in [3.63, 3.8) is 0 Å². The van der Waals surface area contributed by atoms with Crippen LogP contribution < -0.4 is 15.0 Å². The zero-order valence-electron chi connectivity index (χ0n) is 15.3. The molecule has 0 aliphatic heterocycles. The summed E-state index contributed by atoms with van der Waals surface area (Å²) >= 11 is 6.08. The number of anilines is 2. The Balaban J connectivity index is 1.78. The van der Waals surface area contributed by atoms with Crippen LogP contribution in [0.3, 0.4) is 0 Å². The van der Waals surface area contributed by atoms with Crippen LogP contribution in [0.4, 0.5) is 11.4 Å². The molecule has 2 aromatic carbocycles. The van der Waals surface area contributed by atoms with E-state index in [-0.39, 0.29) is 11.5 Å². The number of halogens is 1. The summed E-state index contributed by atoms with van der Waals surface area (Å²) in [6, 6.07) is 15.7. The number of pyridine rings is 1. The van der Waals surface area contributed by atoms with Crippen molar-refractivity contribution in [2.45, 2.75) is 0 Å². The van der Waals surface area contributed by atoms with Crippen LogP contribution in [0.2, 0.25) is 5.02 Å². The summed E-state index contributed by atoms with van der Waals surface area (Å²) in [5.74, 6) is -0.149.